The molecule has 0 radical (unpaired) electrons. The molecule has 0 unspecified atom stereocenters. The molecule has 6 N–H and O–H groups in total. The van der Waals surface area contributed by atoms with Crippen molar-refractivity contribution in [2.75, 3.05) is 11.9 Å². The lowest BCUT2D eigenvalue weighted by atomic mass is 9.81. The zero-order valence-electron chi connectivity index (χ0n) is 27.4. The van der Waals surface area contributed by atoms with E-state index in [2.05, 4.69) is 20.9 Å². The minimum absolute atomic E-state index is 0. The molecule has 0 bridgehead atoms. The number of nitrogens with two attached hydrogens (primary N) is 1. The first-order valence-electron chi connectivity index (χ1n) is 16.0. The molecule has 3 aromatic carbocycles. The Morgan fingerprint density at radius 2 is 1.66 bits per heavy atom. The fourth-order valence-electron chi connectivity index (χ4n) is 6.23. The zero-order chi connectivity index (χ0) is 33.0. The summed E-state index contributed by atoms with van der Waals surface area (Å²) in [5.41, 5.74) is 12.0. The van der Waals surface area contributed by atoms with E-state index in [4.69, 9.17) is 5.73 Å². The highest BCUT2D eigenvalue weighted by molar-refractivity contribution is 5.99. The molecule has 11 heteroatoms. The Labute approximate surface area is 281 Å². The van der Waals surface area contributed by atoms with Crippen molar-refractivity contribution in [3.63, 3.8) is 0 Å². The summed E-state index contributed by atoms with van der Waals surface area (Å²) in [7, 11) is 1.68. The van der Waals surface area contributed by atoms with Crippen molar-refractivity contribution in [1.82, 2.24) is 20.2 Å². The highest BCUT2D eigenvalue weighted by Gasteiger charge is 2.29. The summed E-state index contributed by atoms with van der Waals surface area (Å²) < 4.78 is 1.51. The van der Waals surface area contributed by atoms with Crippen LogP contribution in [-0.2, 0) is 23.1 Å². The van der Waals surface area contributed by atoms with E-state index < -0.39 is 6.04 Å². The Kier molecular flexibility index (Phi) is 11.7. The standard InChI is InChI=1S/C36H44N6O4.ClH/c1-21(2)38-34(44)27-13-15-29(22(3)17-27)25-9-5-23(6-10-25)18-31(40-33(43)26-11-7-24(20-37)8-12-26)35(45)39-28-14-16-32-30(19-28)41-36(46)42(32)4;/h5-6,9-10,13-17,19,21,24,26,31H,7-8,11-12,18,20,37H2,1-4H3,(H,38,44)(H,39,45)(H,40,43)(H,41,46);1H/t24?,26?,31-;/m0./s1. The second-order valence-electron chi connectivity index (χ2n) is 12.8. The summed E-state index contributed by atoms with van der Waals surface area (Å²) in [6, 6.07) is 18.1. The van der Waals surface area contributed by atoms with E-state index in [-0.39, 0.29) is 47.8 Å². The molecule has 1 heterocycles. The average molecular weight is 661 g/mol. The lowest BCUT2D eigenvalue weighted by Crippen LogP contribution is -2.48. The maximum Gasteiger partial charge on any atom is 0.326 e. The number of aryl methyl sites for hydroxylation is 2. The molecule has 0 aliphatic heterocycles. The van der Waals surface area contributed by atoms with Crippen LogP contribution in [0.5, 0.6) is 0 Å². The van der Waals surface area contributed by atoms with Gasteiger partial charge >= 0.3 is 5.69 Å². The molecular weight excluding hydrogens is 616 g/mol. The number of rotatable bonds is 10. The van der Waals surface area contributed by atoms with Gasteiger partial charge in [0.25, 0.3) is 5.91 Å². The number of amides is 3. The van der Waals surface area contributed by atoms with E-state index in [0.717, 1.165) is 53.5 Å². The Morgan fingerprint density at radius 3 is 2.30 bits per heavy atom. The van der Waals surface area contributed by atoms with Crippen molar-refractivity contribution in [3.8, 4) is 11.1 Å². The maximum absolute atomic E-state index is 13.7. The molecule has 1 atom stereocenters. The quantitative estimate of drug-likeness (QED) is 0.165. The van der Waals surface area contributed by atoms with Crippen molar-refractivity contribution in [2.24, 2.45) is 24.6 Å². The maximum atomic E-state index is 13.7. The first-order chi connectivity index (χ1) is 22.0. The van der Waals surface area contributed by atoms with Gasteiger partial charge in [-0.1, -0.05) is 30.3 Å². The Balaban J connectivity index is 0.00000500. The molecule has 10 nitrogen and oxygen atoms in total. The van der Waals surface area contributed by atoms with Gasteiger partial charge in [0.05, 0.1) is 11.0 Å². The van der Waals surface area contributed by atoms with Crippen LogP contribution < -0.4 is 27.4 Å². The molecule has 1 saturated carbocycles. The number of nitrogens with one attached hydrogen (secondary N) is 4. The number of nitrogens with zero attached hydrogens (tertiary/aromatic N) is 1. The molecule has 4 aromatic rings. The molecule has 1 fully saturated rings. The predicted octanol–water partition coefficient (Wildman–Crippen LogP) is 4.83. The van der Waals surface area contributed by atoms with Gasteiger partial charge < -0.3 is 26.7 Å². The van der Waals surface area contributed by atoms with E-state index in [0.29, 0.717) is 35.7 Å². The summed E-state index contributed by atoms with van der Waals surface area (Å²) >= 11 is 0. The minimum Gasteiger partial charge on any atom is -0.350 e. The molecule has 0 saturated heterocycles. The van der Waals surface area contributed by atoms with E-state index >= 15 is 0 Å². The van der Waals surface area contributed by atoms with Gasteiger partial charge in [0.15, 0.2) is 0 Å². The third-order valence-corrected chi connectivity index (χ3v) is 8.97. The van der Waals surface area contributed by atoms with Gasteiger partial charge in [-0.25, -0.2) is 4.79 Å². The number of benzene rings is 3. The molecule has 0 spiro atoms. The van der Waals surface area contributed by atoms with E-state index in [9.17, 15) is 19.2 Å². The summed E-state index contributed by atoms with van der Waals surface area (Å²) in [5, 5.41) is 8.91. The molecule has 1 aliphatic carbocycles. The summed E-state index contributed by atoms with van der Waals surface area (Å²) in [5.74, 6) is -0.266. The smallest absolute Gasteiger partial charge is 0.326 e. The van der Waals surface area contributed by atoms with Gasteiger partial charge in [-0.05, 0) is 112 Å². The van der Waals surface area contributed by atoms with E-state index in [1.54, 1.807) is 25.2 Å². The number of hydrogen-bond donors (Lipinski definition) is 5. The van der Waals surface area contributed by atoms with Crippen LogP contribution in [0.2, 0.25) is 0 Å². The molecular formula is C36H45ClN6O4. The van der Waals surface area contributed by atoms with Crippen LogP contribution >= 0.6 is 12.4 Å². The Morgan fingerprint density at radius 1 is 0.957 bits per heavy atom. The zero-order valence-corrected chi connectivity index (χ0v) is 28.2. The molecule has 5 rings (SSSR count). The van der Waals surface area contributed by atoms with Gasteiger partial charge in [-0.3, -0.25) is 19.0 Å². The normalized spacial score (nSPS) is 16.7. The van der Waals surface area contributed by atoms with Crippen LogP contribution in [0.3, 0.4) is 0 Å². The number of aromatic nitrogens is 2. The fourth-order valence-corrected chi connectivity index (χ4v) is 6.23. The number of halogens is 1. The third-order valence-electron chi connectivity index (χ3n) is 8.97. The van der Waals surface area contributed by atoms with Gasteiger partial charge in [-0.15, -0.1) is 12.4 Å². The Bertz CT molecular complexity index is 1790. The lowest BCUT2D eigenvalue weighted by Gasteiger charge is -2.28. The summed E-state index contributed by atoms with van der Waals surface area (Å²) in [4.78, 5) is 54.4. The molecule has 250 valence electrons. The van der Waals surface area contributed by atoms with Crippen LogP contribution in [0.15, 0.2) is 65.5 Å². The van der Waals surface area contributed by atoms with Crippen LogP contribution in [0.1, 0.15) is 61.0 Å². The molecule has 1 aromatic heterocycles. The Hall–Kier alpha value is -4.41. The van der Waals surface area contributed by atoms with Crippen molar-refractivity contribution >= 4 is 46.8 Å². The highest BCUT2D eigenvalue weighted by atomic mass is 35.5. The fraction of sp³-hybridized carbons (Fsp3) is 0.389. The second kappa shape index (κ2) is 15.5. The minimum atomic E-state index is -0.809. The van der Waals surface area contributed by atoms with Crippen LogP contribution in [-0.4, -0.2) is 45.9 Å². The predicted molar refractivity (Wildman–Crippen MR) is 189 cm³/mol. The number of fused-ring (bicyclic) bond motifs is 1. The largest absolute Gasteiger partial charge is 0.350 e. The number of carbonyl (C=O) groups excluding carboxylic acids is 3. The molecule has 1 aliphatic rings. The van der Waals surface area contributed by atoms with Crippen molar-refractivity contribution in [2.45, 2.75) is 65.0 Å². The molecule has 3 amide bonds. The first-order valence-corrected chi connectivity index (χ1v) is 16.0. The molecule has 47 heavy (non-hydrogen) atoms. The monoisotopic (exact) mass is 660 g/mol. The van der Waals surface area contributed by atoms with Crippen molar-refractivity contribution in [3.05, 3.63) is 87.8 Å². The average Bonchev–Trinajstić information content (AvgIpc) is 3.32. The number of anilines is 1. The number of hydrogen-bond acceptors (Lipinski definition) is 5. The lowest BCUT2D eigenvalue weighted by molar-refractivity contribution is -0.130. The van der Waals surface area contributed by atoms with Crippen LogP contribution in [0.25, 0.3) is 22.2 Å². The number of imidazole rings is 1. The van der Waals surface area contributed by atoms with Crippen LogP contribution in [0.4, 0.5) is 5.69 Å². The third kappa shape index (κ3) is 8.50. The van der Waals surface area contributed by atoms with Crippen molar-refractivity contribution in [1.29, 1.82) is 0 Å². The topological polar surface area (TPSA) is 151 Å². The van der Waals surface area contributed by atoms with Crippen molar-refractivity contribution < 1.29 is 14.4 Å². The SMILES string of the molecule is Cc1cc(C(=O)NC(C)C)ccc1-c1ccc(C[C@H](NC(=O)C2CCC(CN)CC2)C(=O)Nc2ccc3c(c2)[nH]c(=O)n3C)cc1.Cl. The van der Waals surface area contributed by atoms with Gasteiger partial charge in [-0.2, -0.15) is 0 Å². The first kappa shape index (κ1) is 35.4. The number of carbonyl (C=O) groups is 3. The second-order valence-corrected chi connectivity index (χ2v) is 12.8. The van der Waals surface area contributed by atoms with Gasteiger partial charge in [0.1, 0.15) is 6.04 Å². The summed E-state index contributed by atoms with van der Waals surface area (Å²) in [6.45, 7) is 6.47. The summed E-state index contributed by atoms with van der Waals surface area (Å²) in [6.07, 6.45) is 3.63. The van der Waals surface area contributed by atoms with E-state index in [1.165, 1.54) is 4.57 Å². The van der Waals surface area contributed by atoms with Gasteiger partial charge in [0, 0.05) is 36.7 Å². The van der Waals surface area contributed by atoms with E-state index in [1.807, 2.05) is 63.2 Å². The van der Waals surface area contributed by atoms with Gasteiger partial charge in [0.2, 0.25) is 11.8 Å². The number of aromatic amines is 1. The van der Waals surface area contributed by atoms with Crippen LogP contribution in [0, 0.1) is 18.8 Å². The number of H-pyrrole nitrogens is 1. The highest BCUT2D eigenvalue weighted by Crippen LogP contribution is 2.29.